The Labute approximate surface area is 117 Å². The molecule has 3 N–H and O–H groups in total. The summed E-state index contributed by atoms with van der Waals surface area (Å²) in [5, 5.41) is 6.18. The summed E-state index contributed by atoms with van der Waals surface area (Å²) in [5.74, 6) is 1.90. The number of H-pyrrole nitrogens is 1. The average Bonchev–Trinajstić information content (AvgIpc) is 2.78. The third-order valence-corrected chi connectivity index (χ3v) is 5.13. The monoisotopic (exact) mass is 295 g/mol. The Morgan fingerprint density at radius 3 is 3.00 bits per heavy atom. The number of sulfone groups is 1. The lowest BCUT2D eigenvalue weighted by Crippen LogP contribution is -2.46. The Kier molecular flexibility index (Phi) is 3.35. The van der Waals surface area contributed by atoms with Crippen molar-refractivity contribution < 1.29 is 8.42 Å². The number of fused-ring (bicyclic) bond motifs is 1. The summed E-state index contributed by atoms with van der Waals surface area (Å²) in [6.45, 7) is 0.509. The van der Waals surface area contributed by atoms with Crippen molar-refractivity contribution in [3.63, 3.8) is 0 Å². The molecule has 1 unspecified atom stereocenters. The fraction of sp³-hybridized carbons (Fsp3) is 0.500. The molecule has 7 nitrogen and oxygen atoms in total. The highest BCUT2D eigenvalue weighted by Crippen LogP contribution is 2.14. The maximum atomic E-state index is 11.6. The van der Waals surface area contributed by atoms with E-state index in [1.165, 1.54) is 0 Å². The first-order valence-corrected chi connectivity index (χ1v) is 8.35. The van der Waals surface area contributed by atoms with Crippen LogP contribution in [-0.4, -0.2) is 54.5 Å². The summed E-state index contributed by atoms with van der Waals surface area (Å²) in [6.07, 6.45) is 0.560. The lowest BCUT2D eigenvalue weighted by Gasteiger charge is -2.22. The van der Waals surface area contributed by atoms with E-state index >= 15 is 0 Å². The fourth-order valence-electron chi connectivity index (χ4n) is 2.41. The van der Waals surface area contributed by atoms with E-state index in [9.17, 15) is 8.42 Å². The molecule has 1 aliphatic rings. The molecule has 0 spiro atoms. The summed E-state index contributed by atoms with van der Waals surface area (Å²) in [4.78, 5) is 12.0. The average molecular weight is 295 g/mol. The molecule has 3 heterocycles. The zero-order valence-electron chi connectivity index (χ0n) is 11.2. The largest absolute Gasteiger partial charge is 0.373 e. The quantitative estimate of drug-likeness (QED) is 0.733. The van der Waals surface area contributed by atoms with Gasteiger partial charge in [-0.05, 0) is 12.1 Å². The van der Waals surface area contributed by atoms with E-state index in [1.807, 2.05) is 12.1 Å². The van der Waals surface area contributed by atoms with Crippen molar-refractivity contribution in [3.8, 4) is 0 Å². The van der Waals surface area contributed by atoms with Gasteiger partial charge in [-0.3, -0.25) is 0 Å². The van der Waals surface area contributed by atoms with E-state index in [4.69, 9.17) is 0 Å². The van der Waals surface area contributed by atoms with E-state index in [0.29, 0.717) is 18.6 Å². The highest BCUT2D eigenvalue weighted by atomic mass is 32.2. The van der Waals surface area contributed by atoms with Crippen molar-refractivity contribution in [2.24, 2.45) is 0 Å². The molecule has 1 atom stereocenters. The van der Waals surface area contributed by atoms with E-state index in [-0.39, 0.29) is 17.5 Å². The number of nitrogens with zero attached hydrogens (tertiary/aromatic N) is 2. The van der Waals surface area contributed by atoms with Gasteiger partial charge in [0, 0.05) is 26.1 Å². The minimum Gasteiger partial charge on any atom is -0.373 e. The van der Waals surface area contributed by atoms with Gasteiger partial charge in [0.1, 0.15) is 11.6 Å². The second kappa shape index (κ2) is 5.02. The van der Waals surface area contributed by atoms with Gasteiger partial charge in [0.2, 0.25) is 0 Å². The van der Waals surface area contributed by atoms with E-state index in [2.05, 4.69) is 25.6 Å². The van der Waals surface area contributed by atoms with Crippen molar-refractivity contribution in [2.75, 3.05) is 30.4 Å². The van der Waals surface area contributed by atoms with Crippen LogP contribution in [-0.2, 0) is 16.3 Å². The molecule has 2 aromatic rings. The number of pyridine rings is 1. The van der Waals surface area contributed by atoms with Crippen LogP contribution in [0.15, 0.2) is 12.1 Å². The van der Waals surface area contributed by atoms with Gasteiger partial charge in [-0.15, -0.1) is 0 Å². The highest BCUT2D eigenvalue weighted by Gasteiger charge is 2.25. The standard InChI is InChI=1S/C12H17N5O2S/c1-13-10-3-2-9-12(16-10)17-11(15-9)6-8-7-20(18,19)5-4-14-8/h2-3,8,14H,4-7H2,1H3,(H2,13,15,16,17). The van der Waals surface area contributed by atoms with Crippen LogP contribution in [0, 0.1) is 0 Å². The van der Waals surface area contributed by atoms with E-state index in [0.717, 1.165) is 17.2 Å². The maximum absolute atomic E-state index is 11.6. The molecule has 20 heavy (non-hydrogen) atoms. The zero-order valence-corrected chi connectivity index (χ0v) is 12.0. The summed E-state index contributed by atoms with van der Waals surface area (Å²) >= 11 is 0. The van der Waals surface area contributed by atoms with Crippen LogP contribution in [0.2, 0.25) is 0 Å². The minimum absolute atomic E-state index is 0.0851. The third-order valence-electron chi connectivity index (χ3n) is 3.39. The Morgan fingerprint density at radius 2 is 2.25 bits per heavy atom. The molecule has 0 radical (unpaired) electrons. The van der Waals surface area contributed by atoms with Crippen LogP contribution in [0.5, 0.6) is 0 Å². The lowest BCUT2D eigenvalue weighted by molar-refractivity contribution is 0.510. The molecule has 0 saturated carbocycles. The first kappa shape index (κ1) is 13.3. The molecule has 8 heteroatoms. The van der Waals surface area contributed by atoms with Crippen molar-refractivity contribution in [1.29, 1.82) is 0 Å². The third kappa shape index (κ3) is 2.75. The molecule has 2 aromatic heterocycles. The molecule has 0 amide bonds. The molecule has 0 bridgehead atoms. The predicted molar refractivity (Wildman–Crippen MR) is 77.6 cm³/mol. The minimum atomic E-state index is -2.92. The zero-order chi connectivity index (χ0) is 14.2. The molecular weight excluding hydrogens is 278 g/mol. The topological polar surface area (TPSA) is 99.8 Å². The maximum Gasteiger partial charge on any atom is 0.179 e. The number of aromatic amines is 1. The molecular formula is C12H17N5O2S. The summed E-state index contributed by atoms with van der Waals surface area (Å²) in [7, 11) is -1.12. The van der Waals surface area contributed by atoms with Crippen LogP contribution < -0.4 is 10.6 Å². The molecule has 0 aliphatic carbocycles. The number of imidazole rings is 1. The number of nitrogens with one attached hydrogen (secondary N) is 3. The van der Waals surface area contributed by atoms with E-state index in [1.54, 1.807) is 7.05 Å². The van der Waals surface area contributed by atoms with Gasteiger partial charge >= 0.3 is 0 Å². The van der Waals surface area contributed by atoms with Crippen molar-refractivity contribution in [2.45, 2.75) is 12.5 Å². The Bertz CT molecular complexity index is 725. The van der Waals surface area contributed by atoms with Gasteiger partial charge in [0.15, 0.2) is 15.5 Å². The van der Waals surface area contributed by atoms with Crippen molar-refractivity contribution in [3.05, 3.63) is 18.0 Å². The van der Waals surface area contributed by atoms with Crippen LogP contribution in [0.3, 0.4) is 0 Å². The second-order valence-electron chi connectivity index (χ2n) is 4.97. The van der Waals surface area contributed by atoms with Gasteiger partial charge in [-0.25, -0.2) is 18.4 Å². The second-order valence-corrected chi connectivity index (χ2v) is 7.20. The Hall–Kier alpha value is -1.67. The molecule has 0 aromatic carbocycles. The van der Waals surface area contributed by atoms with Crippen LogP contribution in [0.4, 0.5) is 5.82 Å². The number of hydrogen-bond acceptors (Lipinski definition) is 6. The van der Waals surface area contributed by atoms with Crippen molar-refractivity contribution >= 4 is 26.8 Å². The summed E-state index contributed by atoms with van der Waals surface area (Å²) in [6, 6.07) is 3.70. The Morgan fingerprint density at radius 1 is 1.40 bits per heavy atom. The van der Waals surface area contributed by atoms with Crippen LogP contribution in [0.25, 0.3) is 11.2 Å². The number of anilines is 1. The van der Waals surface area contributed by atoms with Gasteiger partial charge in [0.25, 0.3) is 0 Å². The Balaban J connectivity index is 1.80. The molecule has 1 saturated heterocycles. The first-order valence-electron chi connectivity index (χ1n) is 6.53. The first-order chi connectivity index (χ1) is 9.55. The summed E-state index contributed by atoms with van der Waals surface area (Å²) in [5.41, 5.74) is 1.50. The molecule has 3 rings (SSSR count). The van der Waals surface area contributed by atoms with Gasteiger partial charge in [-0.1, -0.05) is 0 Å². The van der Waals surface area contributed by atoms with Crippen LogP contribution in [0.1, 0.15) is 5.82 Å². The lowest BCUT2D eigenvalue weighted by atomic mass is 10.2. The van der Waals surface area contributed by atoms with E-state index < -0.39 is 9.84 Å². The van der Waals surface area contributed by atoms with Crippen LogP contribution >= 0.6 is 0 Å². The molecule has 108 valence electrons. The number of aromatic nitrogens is 3. The van der Waals surface area contributed by atoms with Gasteiger partial charge in [-0.2, -0.15) is 0 Å². The summed E-state index contributed by atoms with van der Waals surface area (Å²) < 4.78 is 23.2. The molecule has 1 aliphatic heterocycles. The SMILES string of the molecule is CNc1ccc2[nH]c(CC3CS(=O)(=O)CCN3)nc2n1. The van der Waals surface area contributed by atoms with Gasteiger partial charge < -0.3 is 15.6 Å². The normalized spacial score (nSPS) is 21.9. The fourth-order valence-corrected chi connectivity index (χ4v) is 3.85. The predicted octanol–water partition coefficient (Wildman–Crippen LogP) is -0.0713. The highest BCUT2D eigenvalue weighted by molar-refractivity contribution is 7.91. The van der Waals surface area contributed by atoms with Crippen molar-refractivity contribution in [1.82, 2.24) is 20.3 Å². The van der Waals surface area contributed by atoms with Gasteiger partial charge in [0.05, 0.1) is 17.0 Å². The smallest absolute Gasteiger partial charge is 0.179 e. The number of rotatable bonds is 3. The molecule has 1 fully saturated rings. The number of hydrogen-bond donors (Lipinski definition) is 3.